The summed E-state index contributed by atoms with van der Waals surface area (Å²) in [6.45, 7) is 4.43. The van der Waals surface area contributed by atoms with Crippen LogP contribution in [0.4, 0.5) is 30.6 Å². The number of rotatable bonds is 5. The molecule has 3 aromatic rings. The second-order valence-corrected chi connectivity index (χ2v) is 6.26. The molecule has 2 N–H and O–H groups in total. The summed E-state index contributed by atoms with van der Waals surface area (Å²) in [5, 5.41) is 6.19. The fourth-order valence-corrected chi connectivity index (χ4v) is 2.61. The third-order valence-electron chi connectivity index (χ3n) is 3.87. The Morgan fingerprint density at radius 3 is 2.33 bits per heavy atom. The van der Waals surface area contributed by atoms with E-state index in [1.807, 2.05) is 32.0 Å². The Morgan fingerprint density at radius 2 is 1.67 bits per heavy atom. The quantitative estimate of drug-likeness (QED) is 0.624. The molecule has 4 nitrogen and oxygen atoms in total. The summed E-state index contributed by atoms with van der Waals surface area (Å²) in [5.41, 5.74) is 2.85. The molecule has 0 aliphatic rings. The zero-order chi connectivity index (χ0) is 19.4. The van der Waals surface area contributed by atoms with Crippen molar-refractivity contribution in [1.82, 2.24) is 9.97 Å². The monoisotopic (exact) mass is 372 g/mol. The SMILES string of the molecule is Cc1cccc(CNc2nc(C)cc(Nc3ccc(C(F)(F)F)cc3)n2)c1. The van der Waals surface area contributed by atoms with Crippen LogP contribution < -0.4 is 10.6 Å². The molecule has 0 saturated carbocycles. The molecular formula is C20H19F3N4. The Balaban J connectivity index is 1.71. The molecule has 0 saturated heterocycles. The topological polar surface area (TPSA) is 49.8 Å². The third-order valence-corrected chi connectivity index (χ3v) is 3.87. The van der Waals surface area contributed by atoms with Crippen molar-refractivity contribution in [3.8, 4) is 0 Å². The molecule has 27 heavy (non-hydrogen) atoms. The predicted octanol–water partition coefficient (Wildman–Crippen LogP) is 5.47. The van der Waals surface area contributed by atoms with Gasteiger partial charge in [0.2, 0.25) is 5.95 Å². The zero-order valence-corrected chi connectivity index (χ0v) is 14.9. The first-order valence-electron chi connectivity index (χ1n) is 8.39. The average Bonchev–Trinajstić information content (AvgIpc) is 2.59. The summed E-state index contributed by atoms with van der Waals surface area (Å²) in [4.78, 5) is 8.73. The van der Waals surface area contributed by atoms with Crippen molar-refractivity contribution in [2.75, 3.05) is 10.6 Å². The number of nitrogens with one attached hydrogen (secondary N) is 2. The summed E-state index contributed by atoms with van der Waals surface area (Å²) in [7, 11) is 0. The van der Waals surface area contributed by atoms with Gasteiger partial charge in [-0.1, -0.05) is 29.8 Å². The highest BCUT2D eigenvalue weighted by Crippen LogP contribution is 2.30. The molecule has 1 aromatic heterocycles. The first-order chi connectivity index (χ1) is 12.8. The van der Waals surface area contributed by atoms with Gasteiger partial charge in [-0.15, -0.1) is 0 Å². The first-order valence-corrected chi connectivity index (χ1v) is 8.39. The fraction of sp³-hybridized carbons (Fsp3) is 0.200. The number of anilines is 3. The molecule has 7 heteroatoms. The van der Waals surface area contributed by atoms with E-state index in [1.54, 1.807) is 6.07 Å². The van der Waals surface area contributed by atoms with E-state index in [0.717, 1.165) is 23.4 Å². The average molecular weight is 372 g/mol. The van der Waals surface area contributed by atoms with Gasteiger partial charge < -0.3 is 10.6 Å². The van der Waals surface area contributed by atoms with Crippen LogP contribution in [0.15, 0.2) is 54.6 Å². The molecule has 0 spiro atoms. The van der Waals surface area contributed by atoms with Gasteiger partial charge in [0.05, 0.1) is 5.56 Å². The lowest BCUT2D eigenvalue weighted by molar-refractivity contribution is -0.137. The fourth-order valence-electron chi connectivity index (χ4n) is 2.61. The lowest BCUT2D eigenvalue weighted by Gasteiger charge is -2.11. The summed E-state index contributed by atoms with van der Waals surface area (Å²) in [6.07, 6.45) is -4.35. The molecule has 2 aromatic carbocycles. The van der Waals surface area contributed by atoms with Gasteiger partial charge in [0, 0.05) is 24.0 Å². The van der Waals surface area contributed by atoms with Crippen molar-refractivity contribution in [2.24, 2.45) is 0 Å². The molecule has 1 heterocycles. The Hall–Kier alpha value is -3.09. The Kier molecular flexibility index (Phi) is 5.30. The van der Waals surface area contributed by atoms with E-state index in [4.69, 9.17) is 0 Å². The highest BCUT2D eigenvalue weighted by molar-refractivity contribution is 5.58. The van der Waals surface area contributed by atoms with Gasteiger partial charge >= 0.3 is 6.18 Å². The lowest BCUT2D eigenvalue weighted by atomic mass is 10.1. The van der Waals surface area contributed by atoms with Crippen LogP contribution >= 0.6 is 0 Å². The predicted molar refractivity (Wildman–Crippen MR) is 100 cm³/mol. The number of benzene rings is 2. The Bertz CT molecular complexity index is 921. The summed E-state index contributed by atoms with van der Waals surface area (Å²) in [6, 6.07) is 14.7. The van der Waals surface area contributed by atoms with Gasteiger partial charge in [-0.05, 0) is 43.7 Å². The largest absolute Gasteiger partial charge is 0.416 e. The minimum Gasteiger partial charge on any atom is -0.350 e. The third kappa shape index (κ3) is 5.20. The van der Waals surface area contributed by atoms with Crippen molar-refractivity contribution in [1.29, 1.82) is 0 Å². The van der Waals surface area contributed by atoms with Gasteiger partial charge in [0.25, 0.3) is 0 Å². The Labute approximate surface area is 155 Å². The van der Waals surface area contributed by atoms with E-state index in [1.165, 1.54) is 17.7 Å². The first kappa shape index (κ1) is 18.7. The summed E-state index contributed by atoms with van der Waals surface area (Å²) >= 11 is 0. The van der Waals surface area contributed by atoms with Crippen molar-refractivity contribution in [2.45, 2.75) is 26.6 Å². The van der Waals surface area contributed by atoms with Crippen LogP contribution in [0.25, 0.3) is 0 Å². The van der Waals surface area contributed by atoms with Gasteiger partial charge in [-0.25, -0.2) is 4.98 Å². The second kappa shape index (κ2) is 7.65. The van der Waals surface area contributed by atoms with E-state index in [2.05, 4.69) is 26.7 Å². The number of halogens is 3. The summed E-state index contributed by atoms with van der Waals surface area (Å²) in [5.74, 6) is 0.958. The maximum atomic E-state index is 12.7. The molecule has 0 aliphatic heterocycles. The van der Waals surface area contributed by atoms with Crippen LogP contribution in [-0.4, -0.2) is 9.97 Å². The number of hydrogen-bond acceptors (Lipinski definition) is 4. The molecule has 0 unspecified atom stereocenters. The minimum absolute atomic E-state index is 0.450. The van der Waals surface area contributed by atoms with Crippen LogP contribution in [0.5, 0.6) is 0 Å². The Morgan fingerprint density at radius 1 is 0.926 bits per heavy atom. The maximum absolute atomic E-state index is 12.7. The normalized spacial score (nSPS) is 11.3. The highest BCUT2D eigenvalue weighted by Gasteiger charge is 2.29. The van der Waals surface area contributed by atoms with E-state index >= 15 is 0 Å². The van der Waals surface area contributed by atoms with E-state index in [0.29, 0.717) is 24.0 Å². The van der Waals surface area contributed by atoms with Gasteiger partial charge in [0.15, 0.2) is 0 Å². The summed E-state index contributed by atoms with van der Waals surface area (Å²) < 4.78 is 38.0. The van der Waals surface area contributed by atoms with Crippen LogP contribution in [0, 0.1) is 13.8 Å². The van der Waals surface area contributed by atoms with Crippen LogP contribution in [0.2, 0.25) is 0 Å². The number of aromatic nitrogens is 2. The van der Waals surface area contributed by atoms with Crippen molar-refractivity contribution in [3.63, 3.8) is 0 Å². The standard InChI is InChI=1S/C20H19F3N4/c1-13-4-3-5-15(10-13)12-24-19-25-14(2)11-18(27-19)26-17-8-6-16(7-9-17)20(21,22)23/h3-11H,12H2,1-2H3,(H2,24,25,26,27). The van der Waals surface area contributed by atoms with Crippen LogP contribution in [0.3, 0.4) is 0 Å². The molecule has 140 valence electrons. The molecular weight excluding hydrogens is 353 g/mol. The van der Waals surface area contributed by atoms with E-state index in [-0.39, 0.29) is 0 Å². The maximum Gasteiger partial charge on any atom is 0.416 e. The second-order valence-electron chi connectivity index (χ2n) is 6.26. The van der Waals surface area contributed by atoms with Crippen molar-refractivity contribution in [3.05, 3.63) is 77.0 Å². The van der Waals surface area contributed by atoms with Crippen LogP contribution in [0.1, 0.15) is 22.4 Å². The molecule has 3 rings (SSSR count). The molecule has 0 fully saturated rings. The number of aryl methyl sites for hydroxylation is 2. The molecule has 0 aliphatic carbocycles. The smallest absolute Gasteiger partial charge is 0.350 e. The van der Waals surface area contributed by atoms with E-state index < -0.39 is 11.7 Å². The van der Waals surface area contributed by atoms with Crippen molar-refractivity contribution >= 4 is 17.5 Å². The number of hydrogen-bond donors (Lipinski definition) is 2. The number of alkyl halides is 3. The molecule has 0 atom stereocenters. The number of nitrogens with zero attached hydrogens (tertiary/aromatic N) is 2. The van der Waals surface area contributed by atoms with Gasteiger partial charge in [-0.3, -0.25) is 0 Å². The zero-order valence-electron chi connectivity index (χ0n) is 14.9. The van der Waals surface area contributed by atoms with Crippen molar-refractivity contribution < 1.29 is 13.2 Å². The lowest BCUT2D eigenvalue weighted by Crippen LogP contribution is -2.07. The van der Waals surface area contributed by atoms with E-state index in [9.17, 15) is 13.2 Å². The molecule has 0 radical (unpaired) electrons. The van der Waals surface area contributed by atoms with Gasteiger partial charge in [0.1, 0.15) is 5.82 Å². The molecule has 0 amide bonds. The molecule has 0 bridgehead atoms. The highest BCUT2D eigenvalue weighted by atomic mass is 19.4. The van der Waals surface area contributed by atoms with Crippen LogP contribution in [-0.2, 0) is 12.7 Å². The minimum atomic E-state index is -4.35. The van der Waals surface area contributed by atoms with Gasteiger partial charge in [-0.2, -0.15) is 18.2 Å².